The van der Waals surface area contributed by atoms with E-state index in [-0.39, 0.29) is 35.7 Å². The summed E-state index contributed by atoms with van der Waals surface area (Å²) >= 11 is 0. The highest BCUT2D eigenvalue weighted by Gasteiger charge is 2.55. The summed E-state index contributed by atoms with van der Waals surface area (Å²) in [6.45, 7) is 9.63. The highest BCUT2D eigenvalue weighted by atomic mass is 16.7. The van der Waals surface area contributed by atoms with Gasteiger partial charge in [0.1, 0.15) is 29.9 Å². The van der Waals surface area contributed by atoms with E-state index in [1.807, 2.05) is 26.8 Å². The van der Waals surface area contributed by atoms with Gasteiger partial charge in [0, 0.05) is 50.9 Å². The van der Waals surface area contributed by atoms with E-state index >= 15 is 0 Å². The van der Waals surface area contributed by atoms with Crippen LogP contribution in [0, 0.1) is 24.2 Å². The predicted octanol–water partition coefficient (Wildman–Crippen LogP) is 4.07. The fraction of sp³-hybridized carbons (Fsp3) is 0.825. The molecule has 1 aromatic heterocycles. The van der Waals surface area contributed by atoms with Crippen LogP contribution in [0.15, 0.2) is 28.4 Å². The highest BCUT2D eigenvalue weighted by Crippen LogP contribution is 2.58. The molecule has 0 radical (unpaired) electrons. The average molecular weight is 749 g/mol. The Morgan fingerprint density at radius 1 is 0.792 bits per heavy atom. The number of ether oxygens (including phenoxy) is 8. The van der Waals surface area contributed by atoms with Crippen molar-refractivity contribution >= 4 is 5.78 Å². The van der Waals surface area contributed by atoms with E-state index in [0.29, 0.717) is 37.9 Å². The van der Waals surface area contributed by atoms with Crippen LogP contribution in [0.5, 0.6) is 0 Å². The Morgan fingerprint density at radius 3 is 2.11 bits per heavy atom. The number of carbonyl (C=O) groups is 1. The van der Waals surface area contributed by atoms with Crippen molar-refractivity contribution in [3.05, 3.63) is 35.3 Å². The lowest BCUT2D eigenvalue weighted by Gasteiger charge is -2.54. The third kappa shape index (κ3) is 7.70. The second kappa shape index (κ2) is 16.0. The fourth-order valence-corrected chi connectivity index (χ4v) is 10.3. The van der Waals surface area contributed by atoms with Crippen molar-refractivity contribution in [3.63, 3.8) is 0 Å². The maximum Gasteiger partial charge on any atom is 0.161 e. The molecule has 18 atom stereocenters. The van der Waals surface area contributed by atoms with Crippen LogP contribution in [-0.4, -0.2) is 121 Å². The summed E-state index contributed by atoms with van der Waals surface area (Å²) in [4.78, 5) is 13.8. The number of hydrogen-bond donors (Lipinski definition) is 3. The Hall–Kier alpha value is -1.75. The van der Waals surface area contributed by atoms with Crippen molar-refractivity contribution in [2.24, 2.45) is 17.3 Å². The van der Waals surface area contributed by atoms with Gasteiger partial charge in [-0.25, -0.2) is 0 Å². The average Bonchev–Trinajstić information content (AvgIpc) is 3.54. The highest BCUT2D eigenvalue weighted by molar-refractivity contribution is 5.89. The Bertz CT molecular complexity index is 1430. The predicted molar refractivity (Wildman–Crippen MR) is 189 cm³/mol. The first-order chi connectivity index (χ1) is 25.3. The Labute approximate surface area is 312 Å². The molecular formula is C40H60O13. The minimum atomic E-state index is -0.885. The Kier molecular flexibility index (Phi) is 11.9. The summed E-state index contributed by atoms with van der Waals surface area (Å²) in [6, 6.07) is 1.94. The number of allylic oxidation sites excluding steroid dienone is 1. The van der Waals surface area contributed by atoms with Crippen molar-refractivity contribution in [2.45, 2.75) is 178 Å². The normalized spacial score (nSPS) is 47.8. The molecule has 3 saturated heterocycles. The van der Waals surface area contributed by atoms with Gasteiger partial charge in [0.05, 0.1) is 55.1 Å². The van der Waals surface area contributed by atoms with Gasteiger partial charge >= 0.3 is 0 Å². The Balaban J connectivity index is 0.932. The maximum absolute atomic E-state index is 13.8. The molecule has 0 spiro atoms. The summed E-state index contributed by atoms with van der Waals surface area (Å²) < 4.78 is 54.3. The third-order valence-corrected chi connectivity index (χ3v) is 13.4. The lowest BCUT2D eigenvalue weighted by molar-refractivity contribution is -0.338. The number of methoxy groups -OCH3 is 2. The number of aliphatic hydroxyl groups is 3. The SMILES string of the molecule is CO[C@@H]1C[C@H](O[C@H]2[C@@H](O)C[C@H](O[C@@H]3[C@@H](C)O[C@@H](O[C@@H]4CC5=CC[C@H]6C(=O)[C@@H](c7ccoc7C)CC[C@@H]6[C@@]5(C)C[C@H]4O)C[C@H]3OC)O[C@@H]2C)O[C@@H](C)[C@@H]1O. The Morgan fingerprint density at radius 2 is 1.43 bits per heavy atom. The van der Waals surface area contributed by atoms with Crippen LogP contribution in [-0.2, 0) is 42.7 Å². The molecule has 298 valence electrons. The molecular weight excluding hydrogens is 688 g/mol. The van der Waals surface area contributed by atoms with E-state index in [1.165, 1.54) is 5.57 Å². The van der Waals surface area contributed by atoms with Gasteiger partial charge in [0.25, 0.3) is 0 Å². The van der Waals surface area contributed by atoms with Crippen molar-refractivity contribution in [2.75, 3.05) is 14.2 Å². The molecule has 0 unspecified atom stereocenters. The van der Waals surface area contributed by atoms with Gasteiger partial charge in [0.2, 0.25) is 0 Å². The van der Waals surface area contributed by atoms with Crippen LogP contribution in [0.2, 0.25) is 0 Å². The molecule has 0 bridgehead atoms. The second-order valence-electron chi connectivity index (χ2n) is 16.5. The molecule has 3 aliphatic heterocycles. The van der Waals surface area contributed by atoms with E-state index in [9.17, 15) is 20.1 Å². The molecule has 6 aliphatic rings. The van der Waals surface area contributed by atoms with E-state index < -0.39 is 79.9 Å². The van der Waals surface area contributed by atoms with Crippen LogP contribution in [0.4, 0.5) is 0 Å². The number of ketones is 1. The molecule has 0 amide bonds. The minimum absolute atomic E-state index is 0.0626. The molecule has 3 N–H and O–H groups in total. The summed E-state index contributed by atoms with van der Waals surface area (Å²) in [5, 5.41) is 33.0. The van der Waals surface area contributed by atoms with Gasteiger partial charge in [-0.2, -0.15) is 0 Å². The number of Topliss-reactive ketones (excluding diaryl/α,β-unsaturated/α-hetero) is 1. The topological polar surface area (TPSA) is 165 Å². The molecule has 7 rings (SSSR count). The first kappa shape index (κ1) is 39.5. The van der Waals surface area contributed by atoms with Gasteiger partial charge in [-0.3, -0.25) is 4.79 Å². The monoisotopic (exact) mass is 748 g/mol. The molecule has 5 fully saturated rings. The van der Waals surface area contributed by atoms with Crippen LogP contribution in [0.3, 0.4) is 0 Å². The standard InChI is InChI=1S/C40H60O13/c1-19-24(12-13-47-19)25-10-11-27-26(37(25)44)9-8-23-14-30(29(42)18-40(23,27)5)51-34-17-32(46-7)39(22(4)50-34)53-33-15-28(41)38(21(3)49-33)52-35-16-31(45-6)36(43)20(2)48-35/h8,12-13,20-22,25-36,38-39,41-43H,9-11,14-18H2,1-7H3/t20-,21+,22+,25+,26+,27-,28-,29+,30+,31+,32+,33-,34-,35-,36-,38+,39+,40-/m0/s1. The number of furan rings is 1. The zero-order valence-electron chi connectivity index (χ0n) is 32.1. The first-order valence-corrected chi connectivity index (χ1v) is 19.6. The van der Waals surface area contributed by atoms with Gasteiger partial charge in [-0.1, -0.05) is 18.6 Å². The third-order valence-electron chi connectivity index (χ3n) is 13.4. The zero-order valence-corrected chi connectivity index (χ0v) is 32.1. The largest absolute Gasteiger partial charge is 0.469 e. The van der Waals surface area contributed by atoms with Crippen LogP contribution in [0.1, 0.15) is 96.3 Å². The van der Waals surface area contributed by atoms with Crippen molar-refractivity contribution in [3.8, 4) is 0 Å². The van der Waals surface area contributed by atoms with Gasteiger partial charge in [-0.05, 0) is 77.2 Å². The smallest absolute Gasteiger partial charge is 0.161 e. The molecule has 4 heterocycles. The van der Waals surface area contributed by atoms with Crippen LogP contribution >= 0.6 is 0 Å². The molecule has 13 heteroatoms. The number of rotatable bonds is 9. The molecule has 1 aromatic rings. The lowest BCUT2D eigenvalue weighted by atomic mass is 9.51. The number of fused-ring (bicyclic) bond motifs is 3. The van der Waals surface area contributed by atoms with Crippen molar-refractivity contribution in [1.82, 2.24) is 0 Å². The molecule has 13 nitrogen and oxygen atoms in total. The number of carbonyl (C=O) groups excluding carboxylic acids is 1. The number of aryl methyl sites for hydroxylation is 1. The quantitative estimate of drug-likeness (QED) is 0.310. The van der Waals surface area contributed by atoms with Crippen LogP contribution in [0.25, 0.3) is 0 Å². The molecule has 3 aliphatic carbocycles. The lowest BCUT2D eigenvalue weighted by Crippen LogP contribution is -2.57. The van der Waals surface area contributed by atoms with Crippen molar-refractivity contribution in [1.29, 1.82) is 0 Å². The van der Waals surface area contributed by atoms with Gasteiger partial charge in [0.15, 0.2) is 18.9 Å². The van der Waals surface area contributed by atoms with E-state index in [1.54, 1.807) is 27.4 Å². The zero-order chi connectivity index (χ0) is 37.8. The van der Waals surface area contributed by atoms with Crippen molar-refractivity contribution < 1.29 is 62.4 Å². The summed E-state index contributed by atoms with van der Waals surface area (Å²) in [5.74, 6) is 1.11. The number of hydrogen-bond acceptors (Lipinski definition) is 13. The molecule has 0 aromatic carbocycles. The second-order valence-corrected chi connectivity index (χ2v) is 16.5. The number of aliphatic hydroxyl groups excluding tert-OH is 3. The molecule has 2 saturated carbocycles. The first-order valence-electron chi connectivity index (χ1n) is 19.6. The molecule has 53 heavy (non-hydrogen) atoms. The van der Waals surface area contributed by atoms with E-state index in [4.69, 9.17) is 42.3 Å². The van der Waals surface area contributed by atoms with Crippen LogP contribution < -0.4 is 0 Å². The van der Waals surface area contributed by atoms with Gasteiger partial charge < -0.3 is 57.6 Å². The van der Waals surface area contributed by atoms with E-state index in [0.717, 1.165) is 24.2 Å². The van der Waals surface area contributed by atoms with Gasteiger partial charge in [-0.15, -0.1) is 0 Å². The summed E-state index contributed by atoms with van der Waals surface area (Å²) in [5.41, 5.74) is 2.00. The van der Waals surface area contributed by atoms with E-state index in [2.05, 4.69) is 13.0 Å². The minimum Gasteiger partial charge on any atom is -0.469 e. The fourth-order valence-electron chi connectivity index (χ4n) is 10.3. The summed E-state index contributed by atoms with van der Waals surface area (Å²) in [7, 11) is 3.17. The summed E-state index contributed by atoms with van der Waals surface area (Å²) in [6.07, 6.45) is 0.130. The maximum atomic E-state index is 13.8.